The fourth-order valence-electron chi connectivity index (χ4n) is 1.52. The Morgan fingerprint density at radius 1 is 1.35 bits per heavy atom. The van der Waals surface area contributed by atoms with Gasteiger partial charge in [-0.2, -0.15) is 0 Å². The van der Waals surface area contributed by atoms with Crippen LogP contribution < -0.4 is 11.1 Å². The fraction of sp³-hybridized carbons (Fsp3) is 0.0714. The van der Waals surface area contributed by atoms with Crippen LogP contribution >= 0.6 is 0 Å². The molecule has 0 bridgehead atoms. The van der Waals surface area contributed by atoms with E-state index in [-0.39, 0.29) is 12.1 Å². The summed E-state index contributed by atoms with van der Waals surface area (Å²) in [5, 5.41) is 2.57. The molecule has 1 aromatic carbocycles. The highest BCUT2D eigenvalue weighted by molar-refractivity contribution is 6.05. The second kappa shape index (κ2) is 6.41. The topological polar surface area (TPSA) is 80.9 Å². The number of carbonyl (C=O) groups is 1. The molecule has 0 atom stereocenters. The predicted octanol–water partition coefficient (Wildman–Crippen LogP) is 1.18. The Bertz CT molecular complexity index is 677. The van der Waals surface area contributed by atoms with Crippen LogP contribution in [0.15, 0.2) is 36.9 Å². The first-order chi connectivity index (χ1) is 9.70. The zero-order chi connectivity index (χ0) is 14.4. The number of nitrogens with zero attached hydrogens (tertiary/aromatic N) is 2. The number of nitrogens with one attached hydrogen (secondary N) is 1. The van der Waals surface area contributed by atoms with Crippen LogP contribution in [0.5, 0.6) is 0 Å². The van der Waals surface area contributed by atoms with Crippen LogP contribution in [-0.4, -0.2) is 22.4 Å². The Morgan fingerprint density at radius 2 is 2.10 bits per heavy atom. The number of amides is 1. The first-order valence-corrected chi connectivity index (χ1v) is 5.75. The third kappa shape index (κ3) is 3.37. The minimum absolute atomic E-state index is 0.134. The summed E-state index contributed by atoms with van der Waals surface area (Å²) in [6.07, 6.45) is 4.22. The summed E-state index contributed by atoms with van der Waals surface area (Å²) < 4.78 is 13.3. The van der Waals surface area contributed by atoms with Crippen LogP contribution in [0, 0.1) is 17.7 Å². The highest BCUT2D eigenvalue weighted by atomic mass is 19.1. The number of aromatic nitrogens is 2. The molecule has 0 radical (unpaired) electrons. The fourth-order valence-corrected chi connectivity index (χ4v) is 1.52. The van der Waals surface area contributed by atoms with Gasteiger partial charge in [-0.25, -0.2) is 14.4 Å². The molecule has 3 N–H and O–H groups in total. The molecule has 0 fully saturated rings. The monoisotopic (exact) mass is 270 g/mol. The molecule has 0 saturated heterocycles. The summed E-state index contributed by atoms with van der Waals surface area (Å²) in [6, 6.07) is 3.80. The number of benzene rings is 1. The summed E-state index contributed by atoms with van der Waals surface area (Å²) in [4.78, 5) is 19.7. The van der Waals surface area contributed by atoms with Crippen LogP contribution in [0.3, 0.4) is 0 Å². The molecule has 5 nitrogen and oxygen atoms in total. The van der Waals surface area contributed by atoms with Gasteiger partial charge in [0.25, 0.3) is 5.91 Å². The average Bonchev–Trinajstić information content (AvgIpc) is 2.47. The van der Waals surface area contributed by atoms with Crippen molar-refractivity contribution in [3.8, 4) is 11.8 Å². The molecule has 2 aromatic rings. The third-order valence-corrected chi connectivity index (χ3v) is 2.37. The van der Waals surface area contributed by atoms with E-state index in [0.29, 0.717) is 11.3 Å². The van der Waals surface area contributed by atoms with E-state index in [9.17, 15) is 9.18 Å². The maximum atomic E-state index is 13.3. The Balaban J connectivity index is 2.31. The Labute approximate surface area is 115 Å². The zero-order valence-corrected chi connectivity index (χ0v) is 10.4. The van der Waals surface area contributed by atoms with E-state index in [1.54, 1.807) is 0 Å². The van der Waals surface area contributed by atoms with E-state index in [1.807, 2.05) is 0 Å². The minimum Gasteiger partial charge on any atom is -0.320 e. The lowest BCUT2D eigenvalue weighted by Gasteiger charge is -2.06. The van der Waals surface area contributed by atoms with Crippen LogP contribution in [0.1, 0.15) is 15.9 Å². The molecular formula is C14H11FN4O. The molecule has 20 heavy (non-hydrogen) atoms. The van der Waals surface area contributed by atoms with Gasteiger partial charge >= 0.3 is 0 Å². The van der Waals surface area contributed by atoms with Gasteiger partial charge in [-0.3, -0.25) is 4.79 Å². The molecule has 0 aliphatic carbocycles. The molecule has 6 heteroatoms. The van der Waals surface area contributed by atoms with Gasteiger partial charge in [0.15, 0.2) is 0 Å². The van der Waals surface area contributed by atoms with Crippen LogP contribution in [-0.2, 0) is 0 Å². The maximum Gasteiger partial charge on any atom is 0.257 e. The number of hydrogen-bond donors (Lipinski definition) is 2. The van der Waals surface area contributed by atoms with Crippen LogP contribution in [0.4, 0.5) is 10.1 Å². The number of carbonyl (C=O) groups excluding carboxylic acids is 1. The standard InChI is InChI=1S/C14H11FN4O/c15-11-4-3-10(2-1-5-16)13(6-11)14(20)19-12-7-17-9-18-8-12/h3-4,6-9H,5,16H2,(H,19,20). The van der Waals surface area contributed by atoms with E-state index in [2.05, 4.69) is 27.1 Å². The molecule has 0 unspecified atom stereocenters. The number of nitrogens with two attached hydrogens (primary N) is 1. The second-order valence-electron chi connectivity index (χ2n) is 3.78. The summed E-state index contributed by atoms with van der Waals surface area (Å²) >= 11 is 0. The van der Waals surface area contributed by atoms with Crippen molar-refractivity contribution in [2.24, 2.45) is 5.73 Å². The highest BCUT2D eigenvalue weighted by Crippen LogP contribution is 2.13. The van der Waals surface area contributed by atoms with Gasteiger partial charge in [-0.05, 0) is 18.2 Å². The molecule has 0 saturated carbocycles. The van der Waals surface area contributed by atoms with Crippen molar-refractivity contribution in [1.82, 2.24) is 9.97 Å². The Kier molecular flexibility index (Phi) is 4.37. The van der Waals surface area contributed by atoms with Gasteiger partial charge in [0, 0.05) is 5.56 Å². The van der Waals surface area contributed by atoms with Crippen molar-refractivity contribution in [3.63, 3.8) is 0 Å². The maximum absolute atomic E-state index is 13.3. The largest absolute Gasteiger partial charge is 0.320 e. The molecule has 0 aliphatic rings. The first kappa shape index (κ1) is 13.6. The molecular weight excluding hydrogens is 259 g/mol. The van der Waals surface area contributed by atoms with Crippen molar-refractivity contribution in [2.75, 3.05) is 11.9 Å². The van der Waals surface area contributed by atoms with Gasteiger partial charge in [0.2, 0.25) is 0 Å². The van der Waals surface area contributed by atoms with Gasteiger partial charge in [0.1, 0.15) is 12.1 Å². The molecule has 0 aliphatic heterocycles. The number of rotatable bonds is 2. The Hall–Kier alpha value is -2.78. The molecule has 1 heterocycles. The molecule has 1 aromatic heterocycles. The zero-order valence-electron chi connectivity index (χ0n) is 10.4. The van der Waals surface area contributed by atoms with Crippen LogP contribution in [0.25, 0.3) is 0 Å². The number of anilines is 1. The first-order valence-electron chi connectivity index (χ1n) is 5.75. The SMILES string of the molecule is NCC#Cc1ccc(F)cc1C(=O)Nc1cncnc1. The number of halogens is 1. The van der Waals surface area contributed by atoms with E-state index in [1.165, 1.54) is 30.9 Å². The Morgan fingerprint density at radius 3 is 2.80 bits per heavy atom. The molecule has 0 spiro atoms. The van der Waals surface area contributed by atoms with Gasteiger partial charge in [-0.15, -0.1) is 0 Å². The quantitative estimate of drug-likeness (QED) is 0.803. The van der Waals surface area contributed by atoms with Crippen molar-refractivity contribution in [3.05, 3.63) is 53.9 Å². The van der Waals surface area contributed by atoms with E-state index >= 15 is 0 Å². The van der Waals surface area contributed by atoms with Gasteiger partial charge < -0.3 is 11.1 Å². The summed E-state index contributed by atoms with van der Waals surface area (Å²) in [7, 11) is 0. The van der Waals surface area contributed by atoms with Crippen molar-refractivity contribution >= 4 is 11.6 Å². The average molecular weight is 270 g/mol. The third-order valence-electron chi connectivity index (χ3n) is 2.37. The second-order valence-corrected chi connectivity index (χ2v) is 3.78. The minimum atomic E-state index is -0.516. The predicted molar refractivity (Wildman–Crippen MR) is 72.3 cm³/mol. The van der Waals surface area contributed by atoms with Gasteiger partial charge in [-0.1, -0.05) is 11.8 Å². The lowest BCUT2D eigenvalue weighted by atomic mass is 10.1. The van der Waals surface area contributed by atoms with E-state index in [4.69, 9.17) is 5.73 Å². The smallest absolute Gasteiger partial charge is 0.257 e. The molecule has 1 amide bonds. The van der Waals surface area contributed by atoms with Crippen molar-refractivity contribution in [2.45, 2.75) is 0 Å². The molecule has 2 rings (SSSR count). The summed E-state index contributed by atoms with van der Waals surface area (Å²) in [5.74, 6) is 4.37. The normalized spacial score (nSPS) is 9.50. The van der Waals surface area contributed by atoms with Crippen LogP contribution in [0.2, 0.25) is 0 Å². The number of hydrogen-bond acceptors (Lipinski definition) is 4. The van der Waals surface area contributed by atoms with E-state index < -0.39 is 11.7 Å². The van der Waals surface area contributed by atoms with Gasteiger partial charge in [0.05, 0.1) is 30.2 Å². The summed E-state index contributed by atoms with van der Waals surface area (Å²) in [5.41, 5.74) is 6.25. The van der Waals surface area contributed by atoms with Crippen molar-refractivity contribution < 1.29 is 9.18 Å². The summed E-state index contributed by atoms with van der Waals surface area (Å²) in [6.45, 7) is 0.158. The highest BCUT2D eigenvalue weighted by Gasteiger charge is 2.12. The lowest BCUT2D eigenvalue weighted by molar-refractivity contribution is 0.102. The van der Waals surface area contributed by atoms with Crippen molar-refractivity contribution in [1.29, 1.82) is 0 Å². The van der Waals surface area contributed by atoms with E-state index in [0.717, 1.165) is 6.07 Å². The molecule has 100 valence electrons. The lowest BCUT2D eigenvalue weighted by Crippen LogP contribution is -2.14.